The number of aliphatic hydroxyl groups excluding tert-OH is 2. The third kappa shape index (κ3) is 4.21. The molecule has 1 fully saturated rings. The Morgan fingerprint density at radius 3 is 2.67 bits per heavy atom. The second-order valence-electron chi connectivity index (χ2n) is 9.97. The Hall–Kier alpha value is -4.28. The lowest BCUT2D eigenvalue weighted by Gasteiger charge is -2.18. The normalized spacial score (nSPS) is 15.5. The minimum Gasteiger partial charge on any atom is -0.391 e. The van der Waals surface area contributed by atoms with Crippen LogP contribution in [0.5, 0.6) is 0 Å². The van der Waals surface area contributed by atoms with Crippen LogP contribution in [0.25, 0.3) is 38.8 Å². The summed E-state index contributed by atoms with van der Waals surface area (Å²) in [5.74, 6) is 0.796. The molecule has 1 aliphatic heterocycles. The van der Waals surface area contributed by atoms with Crippen molar-refractivity contribution in [2.24, 2.45) is 7.05 Å². The van der Waals surface area contributed by atoms with E-state index in [1.165, 1.54) is 0 Å². The lowest BCUT2D eigenvalue weighted by Crippen LogP contribution is -2.24. The highest BCUT2D eigenvalue weighted by atomic mass is 16.3. The molecule has 10 heteroatoms. The molecular weight excluding hydrogens is 494 g/mol. The number of hydrogen-bond acceptors (Lipinski definition) is 8. The first-order valence-corrected chi connectivity index (χ1v) is 13.1. The topological polar surface area (TPSA) is 121 Å². The van der Waals surface area contributed by atoms with E-state index in [9.17, 15) is 15.0 Å². The van der Waals surface area contributed by atoms with Crippen LogP contribution in [0.15, 0.2) is 53.6 Å². The standard InChI is InChI=1S/C29H31N7O3/c1-4-30-23-12-19(13-31-24(23)16-37)18-5-6-22-21(11-18)28-26(14-32-22)34(3)29(39)36(28)25-7-8-27(33-17(25)2)35-10-9-20(38)15-35/h5-8,11-14,20,30,37-38H,4,9-10,15-16H2,1-3H3. The van der Waals surface area contributed by atoms with Crippen LogP contribution in [0.4, 0.5) is 11.5 Å². The molecule has 0 radical (unpaired) electrons. The molecular formula is C29H31N7O3. The molecule has 200 valence electrons. The van der Waals surface area contributed by atoms with Crippen molar-refractivity contribution >= 4 is 33.4 Å². The SMILES string of the molecule is CCNc1cc(-c2ccc3ncc4c(c3c2)n(-c2ccc(N3CCC(O)C3)nc2C)c(=O)n4C)cnc1CO. The number of nitrogens with one attached hydrogen (secondary N) is 1. The third-order valence-electron chi connectivity index (χ3n) is 7.48. The fraction of sp³-hybridized carbons (Fsp3) is 0.310. The summed E-state index contributed by atoms with van der Waals surface area (Å²) in [6.07, 6.45) is 3.87. The minimum absolute atomic E-state index is 0.147. The Morgan fingerprint density at radius 2 is 1.95 bits per heavy atom. The zero-order valence-corrected chi connectivity index (χ0v) is 22.2. The molecule has 4 aromatic heterocycles. The molecule has 1 aliphatic rings. The molecule has 0 amide bonds. The van der Waals surface area contributed by atoms with Gasteiger partial charge < -0.3 is 20.4 Å². The van der Waals surface area contributed by atoms with Crippen molar-refractivity contribution in [3.8, 4) is 16.8 Å². The van der Waals surface area contributed by atoms with E-state index in [1.807, 2.05) is 50.2 Å². The molecule has 5 aromatic rings. The van der Waals surface area contributed by atoms with Gasteiger partial charge in [-0.2, -0.15) is 0 Å². The van der Waals surface area contributed by atoms with Gasteiger partial charge in [0.1, 0.15) is 5.82 Å². The first kappa shape index (κ1) is 25.0. The molecule has 6 rings (SSSR count). The van der Waals surface area contributed by atoms with Gasteiger partial charge in [-0.25, -0.2) is 9.78 Å². The van der Waals surface area contributed by atoms with Gasteiger partial charge in [0, 0.05) is 43.8 Å². The van der Waals surface area contributed by atoms with E-state index < -0.39 is 0 Å². The highest BCUT2D eigenvalue weighted by Gasteiger charge is 2.23. The van der Waals surface area contributed by atoms with Crippen LogP contribution < -0.4 is 15.9 Å². The van der Waals surface area contributed by atoms with Crippen LogP contribution in [0.2, 0.25) is 0 Å². The lowest BCUT2D eigenvalue weighted by atomic mass is 10.0. The number of rotatable bonds is 6. The highest BCUT2D eigenvalue weighted by molar-refractivity contribution is 6.04. The Kier molecular flexibility index (Phi) is 6.28. The largest absolute Gasteiger partial charge is 0.391 e. The maximum Gasteiger partial charge on any atom is 0.333 e. The zero-order valence-electron chi connectivity index (χ0n) is 22.2. The van der Waals surface area contributed by atoms with Crippen LogP contribution in [-0.4, -0.2) is 60.0 Å². The van der Waals surface area contributed by atoms with Crippen molar-refractivity contribution in [2.45, 2.75) is 33.0 Å². The van der Waals surface area contributed by atoms with Crippen molar-refractivity contribution < 1.29 is 10.2 Å². The maximum absolute atomic E-state index is 13.6. The second-order valence-corrected chi connectivity index (χ2v) is 9.97. The Labute approximate surface area is 225 Å². The molecule has 1 saturated heterocycles. The van der Waals surface area contributed by atoms with Gasteiger partial charge >= 0.3 is 5.69 Å². The number of imidazole rings is 1. The van der Waals surface area contributed by atoms with Gasteiger partial charge in [-0.3, -0.25) is 19.1 Å². The average Bonchev–Trinajstić information content (AvgIpc) is 3.49. The van der Waals surface area contributed by atoms with Crippen LogP contribution in [0.3, 0.4) is 0 Å². The lowest BCUT2D eigenvalue weighted by molar-refractivity contribution is 0.198. The van der Waals surface area contributed by atoms with Gasteiger partial charge in [-0.05, 0) is 56.2 Å². The predicted molar refractivity (Wildman–Crippen MR) is 153 cm³/mol. The van der Waals surface area contributed by atoms with E-state index in [1.54, 1.807) is 28.6 Å². The Morgan fingerprint density at radius 1 is 1.10 bits per heavy atom. The van der Waals surface area contributed by atoms with Gasteiger partial charge in [0.05, 0.1) is 58.2 Å². The molecule has 1 unspecified atom stereocenters. The van der Waals surface area contributed by atoms with Crippen LogP contribution in [-0.2, 0) is 13.7 Å². The number of aromatic nitrogens is 5. The first-order valence-electron chi connectivity index (χ1n) is 13.1. The maximum atomic E-state index is 13.6. The molecule has 3 N–H and O–H groups in total. The molecule has 1 atom stereocenters. The van der Waals surface area contributed by atoms with Gasteiger partial charge in [0.2, 0.25) is 0 Å². The first-order chi connectivity index (χ1) is 18.9. The summed E-state index contributed by atoms with van der Waals surface area (Å²) >= 11 is 0. The molecule has 10 nitrogen and oxygen atoms in total. The molecule has 1 aromatic carbocycles. The molecule has 0 spiro atoms. The third-order valence-corrected chi connectivity index (χ3v) is 7.48. The molecule has 0 saturated carbocycles. The van der Waals surface area contributed by atoms with Crippen LogP contribution >= 0.6 is 0 Å². The average molecular weight is 526 g/mol. The fourth-order valence-corrected chi connectivity index (χ4v) is 5.42. The molecule has 39 heavy (non-hydrogen) atoms. The summed E-state index contributed by atoms with van der Waals surface area (Å²) in [5.41, 5.74) is 6.70. The molecule has 0 bridgehead atoms. The quantitative estimate of drug-likeness (QED) is 0.309. The number of nitrogens with zero attached hydrogens (tertiary/aromatic N) is 6. The summed E-state index contributed by atoms with van der Waals surface area (Å²) in [4.78, 5) is 29.6. The summed E-state index contributed by atoms with van der Waals surface area (Å²) in [5, 5.41) is 23.7. The second kappa shape index (κ2) is 9.79. The van der Waals surface area contributed by atoms with Crippen LogP contribution in [0.1, 0.15) is 24.7 Å². The number of benzene rings is 1. The summed E-state index contributed by atoms with van der Waals surface area (Å²) < 4.78 is 3.32. The Balaban J connectivity index is 1.53. The number of fused-ring (bicyclic) bond motifs is 3. The van der Waals surface area contributed by atoms with E-state index in [2.05, 4.69) is 20.2 Å². The van der Waals surface area contributed by atoms with E-state index in [0.717, 1.165) is 63.2 Å². The van der Waals surface area contributed by atoms with E-state index in [4.69, 9.17) is 4.98 Å². The number of hydrogen-bond donors (Lipinski definition) is 3. The van der Waals surface area contributed by atoms with Gasteiger partial charge in [0.15, 0.2) is 0 Å². The number of aliphatic hydroxyl groups is 2. The van der Waals surface area contributed by atoms with Gasteiger partial charge in [-0.15, -0.1) is 0 Å². The van der Waals surface area contributed by atoms with Crippen molar-refractivity contribution in [1.82, 2.24) is 24.1 Å². The van der Waals surface area contributed by atoms with E-state index in [0.29, 0.717) is 24.5 Å². The van der Waals surface area contributed by atoms with Crippen LogP contribution in [0, 0.1) is 6.92 Å². The molecule has 0 aliphatic carbocycles. The monoisotopic (exact) mass is 525 g/mol. The predicted octanol–water partition coefficient (Wildman–Crippen LogP) is 3.14. The fourth-order valence-electron chi connectivity index (χ4n) is 5.42. The minimum atomic E-state index is -0.343. The van der Waals surface area contributed by atoms with Crippen molar-refractivity contribution in [3.63, 3.8) is 0 Å². The summed E-state index contributed by atoms with van der Waals surface area (Å²) in [6, 6.07) is 11.8. The smallest absolute Gasteiger partial charge is 0.333 e. The zero-order chi connectivity index (χ0) is 27.3. The van der Waals surface area contributed by atoms with E-state index >= 15 is 0 Å². The number of β-amino-alcohol motifs (C(OH)–C–C–N with tert-alkyl or cyclic N) is 1. The van der Waals surface area contributed by atoms with Crippen molar-refractivity contribution in [1.29, 1.82) is 0 Å². The summed E-state index contributed by atoms with van der Waals surface area (Å²) in [7, 11) is 1.75. The number of pyridine rings is 3. The molecule has 5 heterocycles. The van der Waals surface area contributed by atoms with Crippen molar-refractivity contribution in [3.05, 3.63) is 70.7 Å². The van der Waals surface area contributed by atoms with Gasteiger partial charge in [0.25, 0.3) is 0 Å². The number of aryl methyl sites for hydroxylation is 2. The van der Waals surface area contributed by atoms with Crippen molar-refractivity contribution in [2.75, 3.05) is 29.9 Å². The Bertz CT molecular complexity index is 1780. The van der Waals surface area contributed by atoms with E-state index in [-0.39, 0.29) is 18.4 Å². The van der Waals surface area contributed by atoms with Gasteiger partial charge in [-0.1, -0.05) is 6.07 Å². The summed E-state index contributed by atoms with van der Waals surface area (Å²) in [6.45, 7) is 5.78. The highest BCUT2D eigenvalue weighted by Crippen LogP contribution is 2.32. The number of anilines is 2.